The molecular weight excluding hydrogens is 296 g/mol. The second-order valence-electron chi connectivity index (χ2n) is 5.26. The van der Waals surface area contributed by atoms with Crippen molar-refractivity contribution in [1.29, 1.82) is 0 Å². The average Bonchev–Trinajstić information content (AvgIpc) is 2.94. The molecule has 4 nitrogen and oxygen atoms in total. The van der Waals surface area contributed by atoms with Gasteiger partial charge in [0, 0.05) is 18.8 Å². The molecular formula is C17H20N2O2S. The summed E-state index contributed by atoms with van der Waals surface area (Å²) in [5.74, 6) is 2.89. The van der Waals surface area contributed by atoms with Crippen molar-refractivity contribution in [3.63, 3.8) is 0 Å². The van der Waals surface area contributed by atoms with Crippen LogP contribution in [0.5, 0.6) is 0 Å². The second-order valence-corrected chi connectivity index (χ2v) is 6.49. The number of thioether (sulfide) groups is 1. The first-order valence-electron chi connectivity index (χ1n) is 7.56. The van der Waals surface area contributed by atoms with Gasteiger partial charge in [0.15, 0.2) is 0 Å². The van der Waals surface area contributed by atoms with Crippen molar-refractivity contribution in [2.24, 2.45) is 0 Å². The zero-order valence-corrected chi connectivity index (χ0v) is 13.2. The van der Waals surface area contributed by atoms with E-state index in [4.69, 9.17) is 4.42 Å². The van der Waals surface area contributed by atoms with Crippen LogP contribution in [0.2, 0.25) is 0 Å². The summed E-state index contributed by atoms with van der Waals surface area (Å²) in [6.45, 7) is 1.62. The van der Waals surface area contributed by atoms with Crippen LogP contribution in [-0.2, 0) is 0 Å². The fourth-order valence-corrected chi connectivity index (χ4v) is 3.47. The number of amides is 2. The van der Waals surface area contributed by atoms with Crippen LogP contribution in [0.1, 0.15) is 23.8 Å². The van der Waals surface area contributed by atoms with Gasteiger partial charge in [-0.2, -0.15) is 11.8 Å². The van der Waals surface area contributed by atoms with E-state index in [2.05, 4.69) is 5.32 Å². The maximum atomic E-state index is 12.6. The van der Waals surface area contributed by atoms with E-state index < -0.39 is 0 Å². The highest BCUT2D eigenvalue weighted by molar-refractivity contribution is 7.99. The number of nitrogens with one attached hydrogen (secondary N) is 1. The van der Waals surface area contributed by atoms with Gasteiger partial charge in [0.25, 0.3) is 0 Å². The van der Waals surface area contributed by atoms with Gasteiger partial charge in [-0.05, 0) is 29.9 Å². The normalized spacial score (nSPS) is 16.8. The van der Waals surface area contributed by atoms with Crippen LogP contribution in [-0.4, -0.2) is 35.5 Å². The number of carbonyl (C=O) groups is 1. The Balaban J connectivity index is 1.77. The summed E-state index contributed by atoms with van der Waals surface area (Å²) < 4.78 is 5.53. The summed E-state index contributed by atoms with van der Waals surface area (Å²) in [5, 5.41) is 3.12. The number of hydrogen-bond donors (Lipinski definition) is 1. The molecule has 1 aliphatic rings. The lowest BCUT2D eigenvalue weighted by Crippen LogP contribution is -2.42. The number of urea groups is 1. The average molecular weight is 316 g/mol. The van der Waals surface area contributed by atoms with Crippen molar-refractivity contribution in [3.05, 3.63) is 60.1 Å². The number of rotatable bonds is 3. The van der Waals surface area contributed by atoms with Crippen LogP contribution in [0.15, 0.2) is 53.1 Å². The summed E-state index contributed by atoms with van der Waals surface area (Å²) in [6.07, 6.45) is 2.69. The van der Waals surface area contributed by atoms with Crippen molar-refractivity contribution in [1.82, 2.24) is 10.2 Å². The first kappa shape index (κ1) is 15.0. The highest BCUT2D eigenvalue weighted by atomic mass is 32.2. The topological polar surface area (TPSA) is 45.5 Å². The van der Waals surface area contributed by atoms with Gasteiger partial charge in [-0.25, -0.2) is 4.79 Å². The van der Waals surface area contributed by atoms with Crippen LogP contribution in [0.25, 0.3) is 0 Å². The van der Waals surface area contributed by atoms with Gasteiger partial charge in [0.2, 0.25) is 0 Å². The van der Waals surface area contributed by atoms with Crippen LogP contribution in [0.4, 0.5) is 4.79 Å². The van der Waals surface area contributed by atoms with E-state index in [1.807, 2.05) is 59.1 Å². The van der Waals surface area contributed by atoms with Crippen molar-refractivity contribution < 1.29 is 9.21 Å². The largest absolute Gasteiger partial charge is 0.467 e. The summed E-state index contributed by atoms with van der Waals surface area (Å²) in [4.78, 5) is 14.5. The Labute approximate surface area is 134 Å². The Kier molecular flexibility index (Phi) is 5.06. The molecule has 1 N–H and O–H groups in total. The molecule has 2 aromatic rings. The highest BCUT2D eigenvalue weighted by Crippen LogP contribution is 2.23. The van der Waals surface area contributed by atoms with Gasteiger partial charge < -0.3 is 14.6 Å². The Hall–Kier alpha value is -1.88. The molecule has 2 amide bonds. The summed E-state index contributed by atoms with van der Waals surface area (Å²) in [5.41, 5.74) is 1.02. The molecule has 1 atom stereocenters. The van der Waals surface area contributed by atoms with Crippen LogP contribution < -0.4 is 5.32 Å². The Morgan fingerprint density at radius 3 is 2.77 bits per heavy atom. The molecule has 0 unspecified atom stereocenters. The Morgan fingerprint density at radius 1 is 1.14 bits per heavy atom. The van der Waals surface area contributed by atoms with Gasteiger partial charge in [0.1, 0.15) is 11.8 Å². The number of hydrogen-bond acceptors (Lipinski definition) is 3. The maximum Gasteiger partial charge on any atom is 0.318 e. The molecule has 5 heteroatoms. The number of carbonyl (C=O) groups excluding carboxylic acids is 1. The van der Waals surface area contributed by atoms with E-state index in [-0.39, 0.29) is 12.1 Å². The molecule has 0 bridgehead atoms. The fourth-order valence-electron chi connectivity index (χ4n) is 2.58. The Morgan fingerprint density at radius 2 is 2.00 bits per heavy atom. The second kappa shape index (κ2) is 7.40. The molecule has 1 aromatic heterocycles. The lowest BCUT2D eigenvalue weighted by molar-refractivity contribution is 0.198. The predicted octanol–water partition coefficient (Wildman–Crippen LogP) is 3.52. The standard InChI is InChI=1S/C17H20N2O2S/c20-17(19-9-5-12-22-13-10-19)18-16(15-8-4-11-21-15)14-6-2-1-3-7-14/h1-4,6-8,11,16H,5,9-10,12-13H2,(H,18,20)/t16-/m1/s1. The van der Waals surface area contributed by atoms with Crippen molar-refractivity contribution in [3.8, 4) is 0 Å². The lowest BCUT2D eigenvalue weighted by Gasteiger charge is -2.24. The minimum atomic E-state index is -0.250. The van der Waals surface area contributed by atoms with Gasteiger partial charge in [-0.3, -0.25) is 0 Å². The zero-order chi connectivity index (χ0) is 15.2. The molecule has 2 heterocycles. The molecule has 0 aliphatic carbocycles. The van der Waals surface area contributed by atoms with E-state index in [1.165, 1.54) is 0 Å². The monoisotopic (exact) mass is 316 g/mol. The predicted molar refractivity (Wildman–Crippen MR) is 89.0 cm³/mol. The third kappa shape index (κ3) is 3.65. The third-order valence-electron chi connectivity index (χ3n) is 3.74. The highest BCUT2D eigenvalue weighted by Gasteiger charge is 2.23. The molecule has 1 aromatic carbocycles. The zero-order valence-electron chi connectivity index (χ0n) is 12.4. The van der Waals surface area contributed by atoms with Crippen molar-refractivity contribution >= 4 is 17.8 Å². The molecule has 3 rings (SSSR count). The third-order valence-corrected chi connectivity index (χ3v) is 4.79. The van der Waals surface area contributed by atoms with Crippen molar-refractivity contribution in [2.75, 3.05) is 24.6 Å². The maximum absolute atomic E-state index is 12.6. The summed E-state index contributed by atoms with van der Waals surface area (Å²) in [7, 11) is 0. The minimum absolute atomic E-state index is 0.0206. The molecule has 0 radical (unpaired) electrons. The first-order chi connectivity index (χ1) is 10.8. The lowest BCUT2D eigenvalue weighted by atomic mass is 10.0. The van der Waals surface area contributed by atoms with E-state index in [9.17, 15) is 4.79 Å². The Bertz CT molecular complexity index is 578. The van der Waals surface area contributed by atoms with Gasteiger partial charge >= 0.3 is 6.03 Å². The molecule has 116 valence electrons. The summed E-state index contributed by atoms with van der Waals surface area (Å²) >= 11 is 1.91. The first-order valence-corrected chi connectivity index (χ1v) is 8.71. The molecule has 22 heavy (non-hydrogen) atoms. The molecule has 0 spiro atoms. The van der Waals surface area contributed by atoms with E-state index >= 15 is 0 Å². The van der Waals surface area contributed by atoms with E-state index in [1.54, 1.807) is 6.26 Å². The van der Waals surface area contributed by atoms with Crippen LogP contribution >= 0.6 is 11.8 Å². The van der Waals surface area contributed by atoms with Gasteiger partial charge in [0.05, 0.1) is 6.26 Å². The number of furan rings is 1. The smallest absolute Gasteiger partial charge is 0.318 e. The van der Waals surface area contributed by atoms with Gasteiger partial charge in [-0.15, -0.1) is 0 Å². The quantitative estimate of drug-likeness (QED) is 0.942. The van der Waals surface area contributed by atoms with Gasteiger partial charge in [-0.1, -0.05) is 30.3 Å². The number of benzene rings is 1. The molecule has 1 aliphatic heterocycles. The SMILES string of the molecule is O=C(N[C@H](c1ccccc1)c1ccco1)N1CCCSCC1. The molecule has 1 saturated heterocycles. The molecule has 1 fully saturated rings. The van der Waals surface area contributed by atoms with Crippen LogP contribution in [0.3, 0.4) is 0 Å². The summed E-state index contributed by atoms with van der Waals surface area (Å²) in [6, 6.07) is 13.4. The van der Waals surface area contributed by atoms with E-state index in [0.29, 0.717) is 0 Å². The fraction of sp³-hybridized carbons (Fsp3) is 0.353. The number of nitrogens with zero attached hydrogens (tertiary/aromatic N) is 1. The van der Waals surface area contributed by atoms with Crippen molar-refractivity contribution in [2.45, 2.75) is 12.5 Å². The molecule has 0 saturated carbocycles. The van der Waals surface area contributed by atoms with E-state index in [0.717, 1.165) is 42.3 Å². The van der Waals surface area contributed by atoms with Crippen LogP contribution in [0, 0.1) is 0 Å². The minimum Gasteiger partial charge on any atom is -0.467 e.